The zero-order valence-corrected chi connectivity index (χ0v) is 16.6. The van der Waals surface area contributed by atoms with Gasteiger partial charge in [0.2, 0.25) is 5.91 Å². The second-order valence-electron chi connectivity index (χ2n) is 6.13. The molecular weight excluding hydrogens is 400 g/mol. The molecule has 0 unspecified atom stereocenters. The topological polar surface area (TPSA) is 77.2 Å². The van der Waals surface area contributed by atoms with Crippen LogP contribution in [0.2, 0.25) is 0 Å². The number of nitrogens with zero attached hydrogens (tertiary/aromatic N) is 2. The first-order chi connectivity index (χ1) is 13.9. The standard InChI is InChI=1S/C20H19F2N3O3S/c1-3-17(18(26)23-15-8-4-13(21)5-9-15)29-20-25-24-19(28-20)12(2)27-16-10-6-14(22)7-11-16/h4-12,17H,3H2,1-2H3,(H,23,26)/t12-,17-/m1/s1. The van der Waals surface area contributed by atoms with Gasteiger partial charge >= 0.3 is 0 Å². The Balaban J connectivity index is 1.60. The third kappa shape index (κ3) is 5.77. The smallest absolute Gasteiger partial charge is 0.277 e. The fourth-order valence-corrected chi connectivity index (χ4v) is 3.20. The van der Waals surface area contributed by atoms with Gasteiger partial charge in [-0.3, -0.25) is 4.79 Å². The number of nitrogens with one attached hydrogen (secondary N) is 1. The summed E-state index contributed by atoms with van der Waals surface area (Å²) < 4.78 is 37.2. The molecule has 1 N–H and O–H groups in total. The lowest BCUT2D eigenvalue weighted by molar-refractivity contribution is -0.115. The molecule has 0 aliphatic rings. The molecule has 1 amide bonds. The van der Waals surface area contributed by atoms with Gasteiger partial charge in [0.25, 0.3) is 11.1 Å². The molecule has 0 bridgehead atoms. The Morgan fingerprint density at radius 2 is 1.72 bits per heavy atom. The largest absolute Gasteiger partial charge is 0.481 e. The van der Waals surface area contributed by atoms with Crippen LogP contribution in [0, 0.1) is 11.6 Å². The van der Waals surface area contributed by atoms with Crippen molar-refractivity contribution in [1.29, 1.82) is 0 Å². The Bertz CT molecular complexity index is 948. The average molecular weight is 419 g/mol. The number of ether oxygens (including phenoxy) is 1. The molecule has 1 aromatic heterocycles. The van der Waals surface area contributed by atoms with Gasteiger partial charge < -0.3 is 14.5 Å². The fraction of sp³-hybridized carbons (Fsp3) is 0.250. The molecule has 3 aromatic rings. The Labute approximate surface area is 170 Å². The van der Waals surface area contributed by atoms with E-state index in [-0.39, 0.29) is 28.7 Å². The molecule has 2 atom stereocenters. The third-order valence-electron chi connectivity index (χ3n) is 3.91. The maximum absolute atomic E-state index is 13.0. The summed E-state index contributed by atoms with van der Waals surface area (Å²) in [4.78, 5) is 12.5. The van der Waals surface area contributed by atoms with Gasteiger partial charge in [0, 0.05) is 5.69 Å². The highest BCUT2D eigenvalue weighted by atomic mass is 32.2. The maximum atomic E-state index is 13.0. The number of carbonyl (C=O) groups is 1. The highest BCUT2D eigenvalue weighted by molar-refractivity contribution is 8.00. The third-order valence-corrected chi connectivity index (χ3v) is 5.11. The van der Waals surface area contributed by atoms with E-state index >= 15 is 0 Å². The molecule has 0 aliphatic carbocycles. The first-order valence-electron chi connectivity index (χ1n) is 8.93. The van der Waals surface area contributed by atoms with Gasteiger partial charge in [-0.25, -0.2) is 8.78 Å². The molecule has 0 spiro atoms. The van der Waals surface area contributed by atoms with E-state index in [1.807, 2.05) is 6.92 Å². The van der Waals surface area contributed by atoms with Crippen molar-refractivity contribution < 1.29 is 22.7 Å². The Morgan fingerprint density at radius 1 is 1.10 bits per heavy atom. The summed E-state index contributed by atoms with van der Waals surface area (Å²) in [6.45, 7) is 3.59. The van der Waals surface area contributed by atoms with Crippen molar-refractivity contribution >= 4 is 23.4 Å². The van der Waals surface area contributed by atoms with Crippen LogP contribution in [-0.4, -0.2) is 21.4 Å². The summed E-state index contributed by atoms with van der Waals surface area (Å²) in [5.41, 5.74) is 0.503. The molecule has 152 valence electrons. The molecule has 3 rings (SSSR count). The van der Waals surface area contributed by atoms with Crippen molar-refractivity contribution in [1.82, 2.24) is 10.2 Å². The second kappa shape index (κ2) is 9.51. The van der Waals surface area contributed by atoms with Crippen LogP contribution in [0.3, 0.4) is 0 Å². The van der Waals surface area contributed by atoms with E-state index in [1.54, 1.807) is 6.92 Å². The first-order valence-corrected chi connectivity index (χ1v) is 9.81. The molecule has 0 saturated carbocycles. The highest BCUT2D eigenvalue weighted by Gasteiger charge is 2.23. The number of aromatic nitrogens is 2. The highest BCUT2D eigenvalue weighted by Crippen LogP contribution is 2.28. The van der Waals surface area contributed by atoms with E-state index in [0.29, 0.717) is 17.9 Å². The van der Waals surface area contributed by atoms with Crippen LogP contribution in [0.15, 0.2) is 58.2 Å². The summed E-state index contributed by atoms with van der Waals surface area (Å²) in [6, 6.07) is 11.1. The predicted molar refractivity (Wildman–Crippen MR) is 105 cm³/mol. The molecule has 6 nitrogen and oxygen atoms in total. The summed E-state index contributed by atoms with van der Waals surface area (Å²) >= 11 is 1.13. The number of amides is 1. The lowest BCUT2D eigenvalue weighted by atomic mass is 10.2. The van der Waals surface area contributed by atoms with Gasteiger partial charge in [-0.2, -0.15) is 0 Å². The van der Waals surface area contributed by atoms with Gasteiger partial charge in [-0.05, 0) is 61.9 Å². The fourth-order valence-electron chi connectivity index (χ4n) is 2.40. The SMILES string of the molecule is CC[C@@H](Sc1nnc([C@@H](C)Oc2ccc(F)cc2)o1)C(=O)Nc1ccc(F)cc1. The van der Waals surface area contributed by atoms with Crippen LogP contribution in [-0.2, 0) is 4.79 Å². The average Bonchev–Trinajstić information content (AvgIpc) is 3.18. The minimum Gasteiger partial charge on any atom is -0.481 e. The van der Waals surface area contributed by atoms with Gasteiger partial charge in [0.15, 0.2) is 6.10 Å². The molecule has 0 saturated heterocycles. The van der Waals surface area contributed by atoms with Gasteiger partial charge in [-0.1, -0.05) is 18.7 Å². The quantitative estimate of drug-likeness (QED) is 0.518. The maximum Gasteiger partial charge on any atom is 0.277 e. The monoisotopic (exact) mass is 419 g/mol. The van der Waals surface area contributed by atoms with Crippen molar-refractivity contribution in [2.45, 2.75) is 36.8 Å². The Hall–Kier alpha value is -2.94. The minimum atomic E-state index is -0.546. The van der Waals surface area contributed by atoms with E-state index < -0.39 is 11.4 Å². The van der Waals surface area contributed by atoms with Crippen LogP contribution < -0.4 is 10.1 Å². The Kier molecular flexibility index (Phi) is 6.82. The van der Waals surface area contributed by atoms with Crippen molar-refractivity contribution in [3.05, 3.63) is 66.1 Å². The van der Waals surface area contributed by atoms with Gasteiger partial charge in [0.05, 0.1) is 5.25 Å². The number of hydrogen-bond donors (Lipinski definition) is 1. The van der Waals surface area contributed by atoms with Crippen LogP contribution >= 0.6 is 11.8 Å². The van der Waals surface area contributed by atoms with Crippen molar-refractivity contribution in [2.24, 2.45) is 0 Å². The van der Waals surface area contributed by atoms with Crippen LogP contribution in [0.5, 0.6) is 5.75 Å². The molecule has 0 aliphatic heterocycles. The summed E-state index contributed by atoms with van der Waals surface area (Å²) in [5.74, 6) is -0.271. The number of thioether (sulfide) groups is 1. The normalized spacial score (nSPS) is 13.0. The molecular formula is C20H19F2N3O3S. The number of carbonyl (C=O) groups excluding carboxylic acids is 1. The molecule has 29 heavy (non-hydrogen) atoms. The molecule has 0 fully saturated rings. The van der Waals surface area contributed by atoms with E-state index in [0.717, 1.165) is 11.8 Å². The van der Waals surface area contributed by atoms with Crippen LogP contribution in [0.1, 0.15) is 32.3 Å². The van der Waals surface area contributed by atoms with E-state index in [1.165, 1.54) is 48.5 Å². The Morgan fingerprint density at radius 3 is 2.34 bits per heavy atom. The number of rotatable bonds is 8. The first kappa shape index (κ1) is 20.8. The molecule has 9 heteroatoms. The number of halogens is 2. The second-order valence-corrected chi connectivity index (χ2v) is 7.29. The predicted octanol–water partition coefficient (Wildman–Crippen LogP) is 5.00. The summed E-state index contributed by atoms with van der Waals surface area (Å²) in [7, 11) is 0. The molecule has 2 aromatic carbocycles. The zero-order valence-electron chi connectivity index (χ0n) is 15.8. The van der Waals surface area contributed by atoms with Crippen molar-refractivity contribution in [3.8, 4) is 5.75 Å². The van der Waals surface area contributed by atoms with E-state index in [4.69, 9.17) is 9.15 Å². The van der Waals surface area contributed by atoms with E-state index in [9.17, 15) is 13.6 Å². The lowest BCUT2D eigenvalue weighted by Crippen LogP contribution is -2.24. The zero-order chi connectivity index (χ0) is 20.8. The van der Waals surface area contributed by atoms with Crippen molar-refractivity contribution in [3.63, 3.8) is 0 Å². The van der Waals surface area contributed by atoms with Gasteiger partial charge in [0.1, 0.15) is 17.4 Å². The number of anilines is 1. The van der Waals surface area contributed by atoms with Crippen LogP contribution in [0.25, 0.3) is 0 Å². The van der Waals surface area contributed by atoms with Gasteiger partial charge in [-0.15, -0.1) is 10.2 Å². The number of hydrogen-bond acceptors (Lipinski definition) is 6. The van der Waals surface area contributed by atoms with E-state index in [2.05, 4.69) is 15.5 Å². The molecule has 1 heterocycles. The summed E-state index contributed by atoms with van der Waals surface area (Å²) in [5, 5.41) is 10.4. The lowest BCUT2D eigenvalue weighted by Gasteiger charge is -2.13. The van der Waals surface area contributed by atoms with Crippen LogP contribution in [0.4, 0.5) is 14.5 Å². The van der Waals surface area contributed by atoms with Crippen molar-refractivity contribution in [2.75, 3.05) is 5.32 Å². The summed E-state index contributed by atoms with van der Waals surface area (Å²) in [6.07, 6.45) is -0.0211. The molecule has 0 radical (unpaired) electrons. The number of benzene rings is 2. The minimum absolute atomic E-state index is 0.232.